The van der Waals surface area contributed by atoms with Gasteiger partial charge in [0.1, 0.15) is 11.2 Å². The van der Waals surface area contributed by atoms with Gasteiger partial charge in [-0.05, 0) is 133 Å². The Bertz CT molecular complexity index is 3770. The Balaban J connectivity index is 1.09. The SMILES string of the molecule is CC1(C)c2ccccc2-c2ccc(N(c3ccc4c(c3)C3(c5ccccc5S4)c4ccccc4-c4ccccc43)c3cc4ccccc4cc3-c3cccc4oc5ccccc5c34)cc21. The summed E-state index contributed by atoms with van der Waals surface area (Å²) in [6.07, 6.45) is 0. The van der Waals surface area contributed by atoms with Crippen LogP contribution in [0.2, 0.25) is 0 Å². The van der Waals surface area contributed by atoms with E-state index in [2.05, 4.69) is 231 Å². The Kier molecular flexibility index (Phi) is 7.63. The molecule has 2 heterocycles. The molecular weight excluding hydrogens is 807 g/mol. The summed E-state index contributed by atoms with van der Waals surface area (Å²) in [7, 11) is 0. The largest absolute Gasteiger partial charge is 0.456 e. The van der Waals surface area contributed by atoms with E-state index < -0.39 is 5.41 Å². The molecule has 11 aromatic rings. The summed E-state index contributed by atoms with van der Waals surface area (Å²) in [6.45, 7) is 4.76. The Hall–Kier alpha value is -7.59. The zero-order valence-corrected chi connectivity index (χ0v) is 36.8. The van der Waals surface area contributed by atoms with Crippen molar-refractivity contribution in [1.29, 1.82) is 0 Å². The van der Waals surface area contributed by atoms with Crippen LogP contribution >= 0.6 is 11.8 Å². The van der Waals surface area contributed by atoms with Crippen molar-refractivity contribution in [2.75, 3.05) is 4.90 Å². The molecule has 2 aliphatic carbocycles. The molecule has 2 nitrogen and oxygen atoms in total. The lowest BCUT2D eigenvalue weighted by atomic mass is 9.67. The van der Waals surface area contributed by atoms with Crippen molar-refractivity contribution in [3.8, 4) is 33.4 Å². The molecule has 3 heteroatoms. The van der Waals surface area contributed by atoms with Gasteiger partial charge >= 0.3 is 0 Å². The molecule has 1 aliphatic heterocycles. The van der Waals surface area contributed by atoms with Crippen molar-refractivity contribution in [3.05, 3.63) is 246 Å². The van der Waals surface area contributed by atoms with Crippen LogP contribution in [0.3, 0.4) is 0 Å². The second-order valence-corrected chi connectivity index (χ2v) is 19.4. The van der Waals surface area contributed by atoms with Crippen LogP contribution < -0.4 is 4.90 Å². The molecule has 10 aromatic carbocycles. The maximum absolute atomic E-state index is 6.56. The molecule has 0 unspecified atom stereocenters. The Labute approximate surface area is 382 Å². The number of rotatable bonds is 4. The van der Waals surface area contributed by atoms with E-state index in [1.807, 2.05) is 11.8 Å². The van der Waals surface area contributed by atoms with Crippen molar-refractivity contribution in [1.82, 2.24) is 0 Å². The van der Waals surface area contributed by atoms with Gasteiger partial charge in [-0.15, -0.1) is 0 Å². The first-order chi connectivity index (χ1) is 32.0. The van der Waals surface area contributed by atoms with Crippen molar-refractivity contribution in [3.63, 3.8) is 0 Å². The Morgan fingerprint density at radius 2 is 0.923 bits per heavy atom. The first kappa shape index (κ1) is 36.8. The first-order valence-corrected chi connectivity index (χ1v) is 23.4. The van der Waals surface area contributed by atoms with Gasteiger partial charge in [-0.1, -0.05) is 177 Å². The maximum atomic E-state index is 6.56. The van der Waals surface area contributed by atoms with E-state index in [9.17, 15) is 0 Å². The molecule has 0 radical (unpaired) electrons. The van der Waals surface area contributed by atoms with Gasteiger partial charge in [0.2, 0.25) is 0 Å². The van der Waals surface area contributed by atoms with Crippen LogP contribution in [-0.2, 0) is 10.8 Å². The molecule has 0 N–H and O–H groups in total. The molecule has 0 fully saturated rings. The van der Waals surface area contributed by atoms with Crippen LogP contribution in [0.4, 0.5) is 17.1 Å². The standard InChI is InChI=1S/C62H41NOS/c1-61(2)49-23-9-5-18-42(49)45-32-30-40(36-53(45)61)63(55-35-39-17-4-3-16-38(39)34-48(55)46-22-15-28-57-60(46)47-21-8-13-27-56(47)64-57)41-31-33-59-54(37-41)62(52-26-12-14-29-58(52)65-59)50-24-10-6-19-43(50)44-20-7-11-25-51(44)62/h3-37H,1-2H3. The molecule has 306 valence electrons. The molecule has 0 atom stereocenters. The molecule has 0 amide bonds. The van der Waals surface area contributed by atoms with E-state index in [0.29, 0.717) is 0 Å². The molecule has 1 spiro atoms. The zero-order valence-electron chi connectivity index (χ0n) is 36.0. The highest BCUT2D eigenvalue weighted by molar-refractivity contribution is 7.99. The summed E-state index contributed by atoms with van der Waals surface area (Å²) >= 11 is 1.89. The van der Waals surface area contributed by atoms with E-state index in [-0.39, 0.29) is 5.41 Å². The van der Waals surface area contributed by atoms with Crippen LogP contribution in [0.1, 0.15) is 47.2 Å². The van der Waals surface area contributed by atoms with Crippen LogP contribution in [0.5, 0.6) is 0 Å². The second kappa shape index (κ2) is 13.5. The summed E-state index contributed by atoms with van der Waals surface area (Å²) in [5.41, 5.74) is 20.0. The number of hydrogen-bond acceptors (Lipinski definition) is 3. The predicted molar refractivity (Wildman–Crippen MR) is 270 cm³/mol. The predicted octanol–water partition coefficient (Wildman–Crippen LogP) is 17.0. The highest BCUT2D eigenvalue weighted by Crippen LogP contribution is 2.63. The summed E-state index contributed by atoms with van der Waals surface area (Å²) < 4.78 is 6.56. The van der Waals surface area contributed by atoms with Crippen LogP contribution in [0, 0.1) is 0 Å². The highest BCUT2D eigenvalue weighted by atomic mass is 32.2. The van der Waals surface area contributed by atoms with Crippen LogP contribution in [0.25, 0.3) is 66.1 Å². The number of hydrogen-bond donors (Lipinski definition) is 0. The normalized spacial score (nSPS) is 14.5. The van der Waals surface area contributed by atoms with E-state index in [0.717, 1.165) is 50.1 Å². The van der Waals surface area contributed by atoms with Gasteiger partial charge in [-0.25, -0.2) is 0 Å². The molecular formula is C62H41NOS. The summed E-state index contributed by atoms with van der Waals surface area (Å²) in [5.74, 6) is 0. The Morgan fingerprint density at radius 3 is 1.69 bits per heavy atom. The zero-order chi connectivity index (χ0) is 43.0. The van der Waals surface area contributed by atoms with Crippen molar-refractivity contribution < 1.29 is 4.42 Å². The van der Waals surface area contributed by atoms with Gasteiger partial charge in [-0.3, -0.25) is 0 Å². The lowest BCUT2D eigenvalue weighted by molar-refractivity contribution is 0.660. The van der Waals surface area contributed by atoms with E-state index in [4.69, 9.17) is 4.42 Å². The third kappa shape index (κ3) is 5.02. The molecule has 65 heavy (non-hydrogen) atoms. The fraction of sp³-hybridized carbons (Fsp3) is 0.0645. The minimum absolute atomic E-state index is 0.182. The van der Waals surface area contributed by atoms with Crippen molar-refractivity contribution in [2.45, 2.75) is 34.5 Å². The fourth-order valence-corrected chi connectivity index (χ4v) is 13.0. The monoisotopic (exact) mass is 847 g/mol. The number of furan rings is 1. The number of fused-ring (bicyclic) bond motifs is 16. The quantitative estimate of drug-likeness (QED) is 0.176. The lowest BCUT2D eigenvalue weighted by Gasteiger charge is -2.40. The average Bonchev–Trinajstić information content (AvgIpc) is 3.96. The van der Waals surface area contributed by atoms with E-state index in [1.165, 1.54) is 76.2 Å². The summed E-state index contributed by atoms with van der Waals surface area (Å²) in [5, 5.41) is 4.62. The van der Waals surface area contributed by atoms with Crippen LogP contribution in [-0.4, -0.2) is 0 Å². The van der Waals surface area contributed by atoms with Gasteiger partial charge in [0, 0.05) is 42.9 Å². The molecule has 0 saturated carbocycles. The molecule has 0 saturated heterocycles. The molecule has 14 rings (SSSR count). The topological polar surface area (TPSA) is 16.4 Å². The van der Waals surface area contributed by atoms with Crippen LogP contribution in [0.15, 0.2) is 227 Å². The Morgan fingerprint density at radius 1 is 0.385 bits per heavy atom. The minimum atomic E-state index is -0.513. The lowest BCUT2D eigenvalue weighted by Crippen LogP contribution is -2.32. The first-order valence-electron chi connectivity index (χ1n) is 22.6. The number of nitrogens with zero attached hydrogens (tertiary/aromatic N) is 1. The molecule has 0 bridgehead atoms. The van der Waals surface area contributed by atoms with E-state index in [1.54, 1.807) is 0 Å². The maximum Gasteiger partial charge on any atom is 0.136 e. The average molecular weight is 848 g/mol. The smallest absolute Gasteiger partial charge is 0.136 e. The highest BCUT2D eigenvalue weighted by Gasteiger charge is 2.50. The summed E-state index contributed by atoms with van der Waals surface area (Å²) in [4.78, 5) is 5.13. The van der Waals surface area contributed by atoms with Gasteiger partial charge in [0.05, 0.1) is 11.1 Å². The van der Waals surface area contributed by atoms with Crippen molar-refractivity contribution >= 4 is 61.5 Å². The molecule has 3 aliphatic rings. The fourth-order valence-electron chi connectivity index (χ4n) is 11.9. The summed E-state index contributed by atoms with van der Waals surface area (Å²) in [6, 6.07) is 79.3. The van der Waals surface area contributed by atoms with Gasteiger partial charge in [-0.2, -0.15) is 0 Å². The van der Waals surface area contributed by atoms with Crippen molar-refractivity contribution in [2.24, 2.45) is 0 Å². The second-order valence-electron chi connectivity index (χ2n) is 18.3. The third-order valence-corrected chi connectivity index (χ3v) is 15.9. The number of para-hydroxylation sites is 1. The van der Waals surface area contributed by atoms with Gasteiger partial charge < -0.3 is 9.32 Å². The number of anilines is 3. The minimum Gasteiger partial charge on any atom is -0.456 e. The van der Waals surface area contributed by atoms with Gasteiger partial charge in [0.15, 0.2) is 0 Å². The number of benzene rings is 10. The van der Waals surface area contributed by atoms with E-state index >= 15 is 0 Å². The van der Waals surface area contributed by atoms with Gasteiger partial charge in [0.25, 0.3) is 0 Å². The third-order valence-electron chi connectivity index (χ3n) is 14.7. The molecule has 1 aromatic heterocycles.